The van der Waals surface area contributed by atoms with Crippen LogP contribution in [0.15, 0.2) is 46.4 Å². The molecule has 2 aliphatic rings. The minimum atomic E-state index is 0.201. The van der Waals surface area contributed by atoms with E-state index in [1.165, 1.54) is 11.1 Å². The van der Waals surface area contributed by atoms with E-state index in [1.54, 1.807) is 0 Å². The zero-order chi connectivity index (χ0) is 22.1. The summed E-state index contributed by atoms with van der Waals surface area (Å²) >= 11 is 0. The highest BCUT2D eigenvalue weighted by atomic mass is 16.5. The van der Waals surface area contributed by atoms with E-state index < -0.39 is 0 Å². The molecule has 5 nitrogen and oxygen atoms in total. The predicted octanol–water partition coefficient (Wildman–Crippen LogP) is 5.65. The van der Waals surface area contributed by atoms with Crippen LogP contribution in [0.3, 0.4) is 0 Å². The van der Waals surface area contributed by atoms with Crippen LogP contribution >= 0.6 is 0 Å². The molecule has 0 saturated heterocycles. The topological polar surface area (TPSA) is 55.2 Å². The van der Waals surface area contributed by atoms with E-state index in [2.05, 4.69) is 83.3 Å². The third kappa shape index (κ3) is 4.60. The minimum Gasteiger partial charge on any atom is -0.475 e. The van der Waals surface area contributed by atoms with Gasteiger partial charge in [0.2, 0.25) is 11.8 Å². The molecule has 2 unspecified atom stereocenters. The maximum Gasteiger partial charge on any atom is 0.218 e. The summed E-state index contributed by atoms with van der Waals surface area (Å²) in [6.07, 6.45) is 0. The third-order valence-corrected chi connectivity index (χ3v) is 5.97. The summed E-state index contributed by atoms with van der Waals surface area (Å²) in [5.74, 6) is 2.34. The quantitative estimate of drug-likeness (QED) is 0.658. The molecule has 0 aliphatic carbocycles. The van der Waals surface area contributed by atoms with Crippen LogP contribution in [-0.4, -0.2) is 37.1 Å². The molecular formula is C26H33N3O2. The van der Waals surface area contributed by atoms with Crippen LogP contribution in [0.1, 0.15) is 49.9 Å². The van der Waals surface area contributed by atoms with Crippen molar-refractivity contribution in [2.24, 2.45) is 21.8 Å². The molecule has 5 heteroatoms. The van der Waals surface area contributed by atoms with E-state index >= 15 is 0 Å². The van der Waals surface area contributed by atoms with Crippen molar-refractivity contribution in [2.45, 2.75) is 53.6 Å². The number of rotatable bonds is 6. The SMILES string of the molecule is Cc1ccc(Nc2ccc(C)cc2C2=NC(C(C)C)CO2)c(C2=NC(C(C)C)CO2)c1. The van der Waals surface area contributed by atoms with Gasteiger partial charge in [0.25, 0.3) is 0 Å². The second-order valence-electron chi connectivity index (χ2n) is 9.34. The second-order valence-corrected chi connectivity index (χ2v) is 9.34. The Bertz CT molecular complexity index is 942. The van der Waals surface area contributed by atoms with Crippen molar-refractivity contribution in [3.8, 4) is 0 Å². The van der Waals surface area contributed by atoms with E-state index in [0.717, 1.165) is 22.5 Å². The van der Waals surface area contributed by atoms with Gasteiger partial charge in [0.15, 0.2) is 0 Å². The number of nitrogens with zero attached hydrogens (tertiary/aromatic N) is 2. The van der Waals surface area contributed by atoms with Gasteiger partial charge in [-0.1, -0.05) is 51.0 Å². The molecule has 0 amide bonds. The lowest BCUT2D eigenvalue weighted by molar-refractivity contribution is 0.292. The maximum absolute atomic E-state index is 6.00. The Morgan fingerprint density at radius 3 is 1.52 bits per heavy atom. The molecule has 2 aromatic rings. The van der Waals surface area contributed by atoms with Crippen LogP contribution in [0.25, 0.3) is 0 Å². The summed E-state index contributed by atoms with van der Waals surface area (Å²) < 4.78 is 12.0. The van der Waals surface area contributed by atoms with Crippen molar-refractivity contribution < 1.29 is 9.47 Å². The van der Waals surface area contributed by atoms with Crippen LogP contribution in [0.2, 0.25) is 0 Å². The molecule has 31 heavy (non-hydrogen) atoms. The first-order valence-corrected chi connectivity index (χ1v) is 11.2. The summed E-state index contributed by atoms with van der Waals surface area (Å²) in [5.41, 5.74) is 6.27. The fraction of sp³-hybridized carbons (Fsp3) is 0.462. The van der Waals surface area contributed by atoms with E-state index in [4.69, 9.17) is 19.5 Å². The van der Waals surface area contributed by atoms with Gasteiger partial charge >= 0.3 is 0 Å². The van der Waals surface area contributed by atoms with E-state index in [0.29, 0.717) is 36.8 Å². The van der Waals surface area contributed by atoms with Crippen LogP contribution in [-0.2, 0) is 9.47 Å². The Morgan fingerprint density at radius 2 is 1.16 bits per heavy atom. The number of benzene rings is 2. The molecule has 4 rings (SSSR count). The number of nitrogens with one attached hydrogen (secondary N) is 1. The van der Waals surface area contributed by atoms with Crippen molar-refractivity contribution in [1.29, 1.82) is 0 Å². The van der Waals surface area contributed by atoms with E-state index in [1.807, 2.05) is 0 Å². The highest BCUT2D eigenvalue weighted by molar-refractivity contribution is 6.04. The summed E-state index contributed by atoms with van der Waals surface area (Å²) in [6.45, 7) is 14.2. The standard InChI is InChI=1S/C26H33N3O2/c1-15(2)23-13-30-25(28-23)19-11-17(5)7-9-21(19)27-22-10-8-18(6)12-20(22)26-29-24(14-31-26)16(3)4/h7-12,15-16,23-24,27H,13-14H2,1-6H3. The lowest BCUT2D eigenvalue weighted by atomic mass is 10.1. The van der Waals surface area contributed by atoms with Crippen molar-refractivity contribution >= 4 is 23.2 Å². The first-order valence-electron chi connectivity index (χ1n) is 11.2. The maximum atomic E-state index is 6.00. The lowest BCUT2D eigenvalue weighted by Crippen LogP contribution is -2.13. The molecule has 2 heterocycles. The zero-order valence-electron chi connectivity index (χ0n) is 19.4. The number of ether oxygens (including phenoxy) is 2. The molecule has 0 aromatic heterocycles. The van der Waals surface area contributed by atoms with Crippen LogP contribution in [0.5, 0.6) is 0 Å². The Kier molecular flexibility index (Phi) is 6.03. The third-order valence-electron chi connectivity index (χ3n) is 5.97. The van der Waals surface area contributed by atoms with Gasteiger partial charge in [0, 0.05) is 0 Å². The van der Waals surface area contributed by atoms with Crippen molar-refractivity contribution in [3.05, 3.63) is 58.7 Å². The highest BCUT2D eigenvalue weighted by Gasteiger charge is 2.27. The van der Waals surface area contributed by atoms with Gasteiger partial charge in [-0.2, -0.15) is 0 Å². The average molecular weight is 420 g/mol. The Hall–Kier alpha value is -2.82. The van der Waals surface area contributed by atoms with Crippen molar-refractivity contribution in [1.82, 2.24) is 0 Å². The van der Waals surface area contributed by atoms with Crippen LogP contribution in [0, 0.1) is 25.7 Å². The normalized spacial score (nSPS) is 20.5. The number of aliphatic imine (C=N–C) groups is 2. The fourth-order valence-corrected chi connectivity index (χ4v) is 3.79. The number of hydrogen-bond acceptors (Lipinski definition) is 5. The molecule has 164 valence electrons. The monoisotopic (exact) mass is 419 g/mol. The molecule has 1 N–H and O–H groups in total. The summed E-state index contributed by atoms with van der Waals surface area (Å²) in [7, 11) is 0. The number of anilines is 2. The molecule has 2 atom stereocenters. The summed E-state index contributed by atoms with van der Waals surface area (Å²) in [6, 6.07) is 13.1. The first kappa shape index (κ1) is 21.4. The summed E-state index contributed by atoms with van der Waals surface area (Å²) in [4.78, 5) is 9.70. The van der Waals surface area contributed by atoms with Gasteiger partial charge in [-0.15, -0.1) is 0 Å². The predicted molar refractivity (Wildman–Crippen MR) is 128 cm³/mol. The molecule has 0 radical (unpaired) electrons. The average Bonchev–Trinajstić information content (AvgIpc) is 3.40. The molecule has 0 bridgehead atoms. The molecule has 0 spiro atoms. The van der Waals surface area contributed by atoms with Gasteiger partial charge in [0.05, 0.1) is 34.6 Å². The fourth-order valence-electron chi connectivity index (χ4n) is 3.79. The molecule has 2 aliphatic heterocycles. The second kappa shape index (κ2) is 8.74. The molecule has 0 saturated carbocycles. The first-order chi connectivity index (χ1) is 14.8. The van der Waals surface area contributed by atoms with Gasteiger partial charge < -0.3 is 14.8 Å². The highest BCUT2D eigenvalue weighted by Crippen LogP contribution is 2.30. The molecule has 0 fully saturated rings. The largest absolute Gasteiger partial charge is 0.475 e. The van der Waals surface area contributed by atoms with Gasteiger partial charge in [0.1, 0.15) is 13.2 Å². The lowest BCUT2D eigenvalue weighted by Gasteiger charge is -2.16. The van der Waals surface area contributed by atoms with Crippen LogP contribution in [0.4, 0.5) is 11.4 Å². The molecule has 2 aromatic carbocycles. The van der Waals surface area contributed by atoms with Gasteiger partial charge in [-0.05, 0) is 49.9 Å². The van der Waals surface area contributed by atoms with Crippen LogP contribution < -0.4 is 5.32 Å². The molecular weight excluding hydrogens is 386 g/mol. The zero-order valence-corrected chi connectivity index (χ0v) is 19.4. The summed E-state index contributed by atoms with van der Waals surface area (Å²) in [5, 5.41) is 3.62. The number of hydrogen-bond donors (Lipinski definition) is 1. The minimum absolute atomic E-state index is 0.201. The number of aryl methyl sites for hydroxylation is 2. The van der Waals surface area contributed by atoms with Gasteiger partial charge in [-0.3, -0.25) is 0 Å². The van der Waals surface area contributed by atoms with E-state index in [-0.39, 0.29) is 12.1 Å². The van der Waals surface area contributed by atoms with Crippen molar-refractivity contribution in [3.63, 3.8) is 0 Å². The smallest absolute Gasteiger partial charge is 0.218 e. The van der Waals surface area contributed by atoms with Gasteiger partial charge in [-0.25, -0.2) is 9.98 Å². The van der Waals surface area contributed by atoms with E-state index in [9.17, 15) is 0 Å². The Balaban J connectivity index is 1.70. The van der Waals surface area contributed by atoms with Crippen molar-refractivity contribution in [2.75, 3.05) is 18.5 Å². The Labute approximate surface area is 185 Å². The Morgan fingerprint density at radius 1 is 0.742 bits per heavy atom.